The minimum atomic E-state index is -0.642. The number of methoxy groups -OCH3 is 1. The summed E-state index contributed by atoms with van der Waals surface area (Å²) >= 11 is 1.62. The van der Waals surface area contributed by atoms with Crippen molar-refractivity contribution in [1.82, 2.24) is 9.97 Å². The van der Waals surface area contributed by atoms with E-state index in [0.29, 0.717) is 13.1 Å². The Morgan fingerprint density at radius 3 is 2.96 bits per heavy atom. The number of aromatic nitrogens is 2. The van der Waals surface area contributed by atoms with Crippen LogP contribution in [0.2, 0.25) is 0 Å². The van der Waals surface area contributed by atoms with Gasteiger partial charge in [0.2, 0.25) is 5.82 Å². The molecule has 2 aromatic rings. The first-order chi connectivity index (χ1) is 12.0. The van der Waals surface area contributed by atoms with E-state index in [4.69, 9.17) is 0 Å². The topological polar surface area (TPSA) is 98.5 Å². The molecular weight excluding hydrogens is 344 g/mol. The Morgan fingerprint density at radius 2 is 2.32 bits per heavy atom. The van der Waals surface area contributed by atoms with Crippen molar-refractivity contribution in [2.75, 3.05) is 25.1 Å². The maximum atomic E-state index is 11.6. The van der Waals surface area contributed by atoms with Crippen LogP contribution in [0.25, 0.3) is 0 Å². The van der Waals surface area contributed by atoms with Gasteiger partial charge in [0, 0.05) is 42.3 Å². The Morgan fingerprint density at radius 1 is 1.52 bits per heavy atom. The smallest absolute Gasteiger partial charge is 0.339 e. The number of esters is 1. The highest BCUT2D eigenvalue weighted by Crippen LogP contribution is 2.34. The fourth-order valence-corrected chi connectivity index (χ4v) is 3.91. The highest BCUT2D eigenvalue weighted by molar-refractivity contribution is 7.09. The van der Waals surface area contributed by atoms with Gasteiger partial charge in [-0.2, -0.15) is 0 Å². The summed E-state index contributed by atoms with van der Waals surface area (Å²) in [5.41, 5.74) is 0.879. The molecule has 0 N–H and O–H groups in total. The van der Waals surface area contributed by atoms with Crippen molar-refractivity contribution in [1.29, 1.82) is 0 Å². The van der Waals surface area contributed by atoms with Crippen molar-refractivity contribution in [3.05, 3.63) is 44.0 Å². The number of hydrogen-bond donors (Lipinski definition) is 0. The van der Waals surface area contributed by atoms with E-state index in [1.807, 2.05) is 17.2 Å². The molecule has 1 saturated heterocycles. The molecule has 1 fully saturated rings. The number of carbonyl (C=O) groups is 1. The van der Waals surface area contributed by atoms with Crippen LogP contribution in [0.4, 0.5) is 11.5 Å². The van der Waals surface area contributed by atoms with Gasteiger partial charge < -0.3 is 9.64 Å². The number of carbonyl (C=O) groups excluding carboxylic acids is 1. The number of rotatable bonds is 4. The molecule has 0 saturated carbocycles. The number of hydrogen-bond acceptors (Lipinski definition) is 8. The van der Waals surface area contributed by atoms with Crippen LogP contribution in [0.1, 0.15) is 39.8 Å². The van der Waals surface area contributed by atoms with Crippen LogP contribution in [0.15, 0.2) is 17.6 Å². The first-order valence-electron chi connectivity index (χ1n) is 7.89. The summed E-state index contributed by atoms with van der Waals surface area (Å²) in [6.45, 7) is 3.27. The molecule has 3 heterocycles. The summed E-state index contributed by atoms with van der Waals surface area (Å²) in [7, 11) is 1.23. The fourth-order valence-electron chi connectivity index (χ4n) is 2.98. The van der Waals surface area contributed by atoms with Gasteiger partial charge in [0.15, 0.2) is 0 Å². The molecule has 0 aliphatic carbocycles. The lowest BCUT2D eigenvalue weighted by Gasteiger charge is -2.32. The molecule has 9 heteroatoms. The highest BCUT2D eigenvalue weighted by atomic mass is 32.1. The molecule has 2 aromatic heterocycles. The Hall–Kier alpha value is -2.55. The zero-order chi connectivity index (χ0) is 18.0. The van der Waals surface area contributed by atoms with Crippen LogP contribution in [-0.2, 0) is 4.74 Å². The third kappa shape index (κ3) is 3.60. The minimum Gasteiger partial charge on any atom is -0.465 e. The summed E-state index contributed by atoms with van der Waals surface area (Å²) in [6.07, 6.45) is 3.23. The van der Waals surface area contributed by atoms with Gasteiger partial charge in [-0.3, -0.25) is 10.1 Å². The Kier molecular flexibility index (Phi) is 4.93. The quantitative estimate of drug-likeness (QED) is 0.468. The molecule has 1 unspecified atom stereocenters. The average molecular weight is 362 g/mol. The first-order valence-corrected chi connectivity index (χ1v) is 8.77. The summed E-state index contributed by atoms with van der Waals surface area (Å²) < 4.78 is 4.61. The lowest BCUT2D eigenvalue weighted by Crippen LogP contribution is -2.35. The van der Waals surface area contributed by atoms with Crippen molar-refractivity contribution in [2.45, 2.75) is 25.7 Å². The molecule has 1 aliphatic heterocycles. The molecule has 0 aromatic carbocycles. The lowest BCUT2D eigenvalue weighted by molar-refractivity contribution is -0.384. The Balaban J connectivity index is 1.89. The van der Waals surface area contributed by atoms with Gasteiger partial charge in [-0.25, -0.2) is 14.8 Å². The molecule has 0 radical (unpaired) electrons. The molecule has 0 bridgehead atoms. The van der Waals surface area contributed by atoms with Crippen LogP contribution in [0.5, 0.6) is 0 Å². The first kappa shape index (κ1) is 17.3. The zero-order valence-electron chi connectivity index (χ0n) is 14.0. The summed E-state index contributed by atoms with van der Waals surface area (Å²) in [5, 5.41) is 14.5. The minimum absolute atomic E-state index is 0.0713. The van der Waals surface area contributed by atoms with E-state index in [-0.39, 0.29) is 23.0 Å². The largest absolute Gasteiger partial charge is 0.465 e. The average Bonchev–Trinajstić information content (AvgIpc) is 3.07. The Labute approximate surface area is 148 Å². The van der Waals surface area contributed by atoms with Gasteiger partial charge in [0.25, 0.3) is 0 Å². The highest BCUT2D eigenvalue weighted by Gasteiger charge is 2.29. The standard InChI is InChI=1S/C16H18N4O4S/c1-10-9-25-15(18-10)11-4-3-5-19(8-11)14-13(20(22)23)6-12(7-17-14)16(21)24-2/h6-7,9,11H,3-5,8H2,1-2H3. The van der Waals surface area contributed by atoms with Gasteiger partial charge in [-0.05, 0) is 19.8 Å². The van der Waals surface area contributed by atoms with Crippen LogP contribution in [-0.4, -0.2) is 41.1 Å². The molecule has 132 valence electrons. The van der Waals surface area contributed by atoms with Gasteiger partial charge >= 0.3 is 11.7 Å². The summed E-state index contributed by atoms with van der Waals surface area (Å²) in [5.74, 6) is -0.123. The summed E-state index contributed by atoms with van der Waals surface area (Å²) in [4.78, 5) is 33.2. The van der Waals surface area contributed by atoms with Crippen molar-refractivity contribution in [2.24, 2.45) is 0 Å². The SMILES string of the molecule is COC(=O)c1cnc(N2CCCC(c3nc(C)cs3)C2)c([N+](=O)[O-])c1. The van der Waals surface area contributed by atoms with Crippen molar-refractivity contribution < 1.29 is 14.5 Å². The van der Waals surface area contributed by atoms with Gasteiger partial charge in [-0.1, -0.05) is 0 Å². The van der Waals surface area contributed by atoms with Crippen LogP contribution in [0, 0.1) is 17.0 Å². The molecule has 25 heavy (non-hydrogen) atoms. The maximum Gasteiger partial charge on any atom is 0.339 e. The third-order valence-electron chi connectivity index (χ3n) is 4.17. The number of aryl methyl sites for hydroxylation is 1. The van der Waals surface area contributed by atoms with Gasteiger partial charge in [0.05, 0.1) is 22.6 Å². The predicted molar refractivity (Wildman–Crippen MR) is 93.3 cm³/mol. The molecule has 0 spiro atoms. The third-order valence-corrected chi connectivity index (χ3v) is 5.30. The molecule has 8 nitrogen and oxygen atoms in total. The van der Waals surface area contributed by atoms with E-state index in [2.05, 4.69) is 14.7 Å². The monoisotopic (exact) mass is 362 g/mol. The predicted octanol–water partition coefficient (Wildman–Crippen LogP) is 2.93. The second-order valence-corrected chi connectivity index (χ2v) is 6.82. The van der Waals surface area contributed by atoms with Crippen molar-refractivity contribution in [3.63, 3.8) is 0 Å². The second kappa shape index (κ2) is 7.14. The van der Waals surface area contributed by atoms with E-state index in [1.165, 1.54) is 19.4 Å². The fraction of sp³-hybridized carbons (Fsp3) is 0.438. The Bertz CT molecular complexity index is 807. The van der Waals surface area contributed by atoms with Crippen LogP contribution >= 0.6 is 11.3 Å². The van der Waals surface area contributed by atoms with E-state index < -0.39 is 10.9 Å². The number of piperidine rings is 1. The van der Waals surface area contributed by atoms with Crippen molar-refractivity contribution >= 4 is 28.8 Å². The zero-order valence-corrected chi connectivity index (χ0v) is 14.8. The number of anilines is 1. The van der Waals surface area contributed by atoms with E-state index in [0.717, 1.165) is 23.5 Å². The molecule has 0 amide bonds. The van der Waals surface area contributed by atoms with Gasteiger partial charge in [-0.15, -0.1) is 11.3 Å². The van der Waals surface area contributed by atoms with E-state index in [1.54, 1.807) is 11.3 Å². The van der Waals surface area contributed by atoms with E-state index >= 15 is 0 Å². The van der Waals surface area contributed by atoms with Crippen LogP contribution < -0.4 is 4.90 Å². The molecular formula is C16H18N4O4S. The number of nitrogens with zero attached hydrogens (tertiary/aromatic N) is 4. The van der Waals surface area contributed by atoms with Gasteiger partial charge in [0.1, 0.15) is 0 Å². The number of nitro groups is 1. The maximum absolute atomic E-state index is 11.6. The molecule has 3 rings (SSSR count). The molecule has 1 atom stereocenters. The second-order valence-electron chi connectivity index (χ2n) is 5.93. The van der Waals surface area contributed by atoms with Crippen LogP contribution in [0.3, 0.4) is 0 Å². The summed E-state index contributed by atoms with van der Waals surface area (Å²) in [6, 6.07) is 1.23. The molecule has 1 aliphatic rings. The lowest BCUT2D eigenvalue weighted by atomic mass is 9.98. The normalized spacial score (nSPS) is 17.4. The number of pyridine rings is 1. The van der Waals surface area contributed by atoms with E-state index in [9.17, 15) is 14.9 Å². The number of thiazole rings is 1. The number of ether oxygens (including phenoxy) is 1. The van der Waals surface area contributed by atoms with Crippen molar-refractivity contribution in [3.8, 4) is 0 Å².